The molecule has 0 saturated carbocycles. The fourth-order valence-corrected chi connectivity index (χ4v) is 3.68. The molecule has 0 aromatic heterocycles. The van der Waals surface area contributed by atoms with Crippen LogP contribution in [0.3, 0.4) is 0 Å². The number of halogens is 2. The molecular weight excluding hydrogens is 460 g/mol. The highest BCUT2D eigenvalue weighted by molar-refractivity contribution is 9.10. The van der Waals surface area contributed by atoms with Crippen LogP contribution in [0.15, 0.2) is 40.9 Å². The first-order valence-electron chi connectivity index (χ1n) is 8.90. The molecule has 0 unspecified atom stereocenters. The molecule has 154 valence electrons. The van der Waals surface area contributed by atoms with Crippen molar-refractivity contribution in [1.82, 2.24) is 4.90 Å². The van der Waals surface area contributed by atoms with Gasteiger partial charge in [-0.15, -0.1) is 12.4 Å². The summed E-state index contributed by atoms with van der Waals surface area (Å²) in [7, 11) is 0. The molecule has 2 aromatic carbocycles. The number of carbonyl (C=O) groups excluding carboxylic acids is 2. The van der Waals surface area contributed by atoms with Gasteiger partial charge in [0.25, 0.3) is 5.91 Å². The van der Waals surface area contributed by atoms with Crippen LogP contribution in [0, 0.1) is 5.41 Å². The number of amidine groups is 1. The number of anilines is 1. The van der Waals surface area contributed by atoms with Crippen molar-refractivity contribution in [2.24, 2.45) is 5.73 Å². The molecule has 1 saturated heterocycles. The molecule has 7 nitrogen and oxygen atoms in total. The van der Waals surface area contributed by atoms with Crippen molar-refractivity contribution in [2.75, 3.05) is 18.4 Å². The van der Waals surface area contributed by atoms with Gasteiger partial charge in [0.1, 0.15) is 11.6 Å². The molecule has 1 heterocycles. The first-order valence-corrected chi connectivity index (χ1v) is 9.69. The zero-order valence-electron chi connectivity index (χ0n) is 15.6. The number of rotatable bonds is 5. The van der Waals surface area contributed by atoms with Gasteiger partial charge < -0.3 is 21.1 Å². The predicted molar refractivity (Wildman–Crippen MR) is 118 cm³/mol. The summed E-state index contributed by atoms with van der Waals surface area (Å²) in [4.78, 5) is 26.7. The molecule has 2 amide bonds. The first-order chi connectivity index (χ1) is 13.3. The molecule has 0 atom stereocenters. The van der Waals surface area contributed by atoms with E-state index in [-0.39, 0.29) is 42.2 Å². The van der Waals surface area contributed by atoms with Crippen molar-refractivity contribution < 1.29 is 14.7 Å². The van der Waals surface area contributed by atoms with Crippen LogP contribution in [-0.2, 0) is 11.2 Å². The number of carbonyl (C=O) groups is 2. The number of phenolic OH excluding ortho intramolecular Hbond substituents is 1. The Bertz CT molecular complexity index is 945. The van der Waals surface area contributed by atoms with Gasteiger partial charge in [0.2, 0.25) is 5.91 Å². The van der Waals surface area contributed by atoms with Crippen LogP contribution < -0.4 is 11.1 Å². The monoisotopic (exact) mass is 480 g/mol. The lowest BCUT2D eigenvalue weighted by Crippen LogP contribution is -2.27. The molecule has 1 aliphatic heterocycles. The number of likely N-dealkylation sites (tertiary alicyclic amines) is 1. The Hall–Kier alpha value is -2.58. The Labute approximate surface area is 183 Å². The standard InChI is InChI=1S/C20H21BrN4O3.ClH/c21-16-11-14(4-5-15(16)20(28)25-7-1-2-8-25)24-18(27)10-13-9-12(19(22)23)3-6-17(13)26;/h3-6,9,11,26H,1-2,7-8,10H2,(H3,22,23)(H,24,27);1H. The SMILES string of the molecule is Cl.N=C(N)c1ccc(O)c(CC(=O)Nc2ccc(C(=O)N3CCCC3)c(Br)c2)c1. The number of hydrogen-bond acceptors (Lipinski definition) is 4. The fourth-order valence-electron chi connectivity index (χ4n) is 3.13. The van der Waals surface area contributed by atoms with E-state index < -0.39 is 0 Å². The topological polar surface area (TPSA) is 120 Å². The molecule has 0 radical (unpaired) electrons. The zero-order chi connectivity index (χ0) is 20.3. The molecule has 9 heteroatoms. The maximum Gasteiger partial charge on any atom is 0.254 e. The van der Waals surface area contributed by atoms with E-state index in [2.05, 4.69) is 21.2 Å². The van der Waals surface area contributed by atoms with Gasteiger partial charge in [-0.1, -0.05) is 0 Å². The highest BCUT2D eigenvalue weighted by Gasteiger charge is 2.21. The van der Waals surface area contributed by atoms with Gasteiger partial charge in [-0.25, -0.2) is 0 Å². The number of nitrogens with one attached hydrogen (secondary N) is 2. The highest BCUT2D eigenvalue weighted by atomic mass is 79.9. The van der Waals surface area contributed by atoms with Gasteiger partial charge in [0, 0.05) is 34.4 Å². The Morgan fingerprint density at radius 3 is 2.48 bits per heavy atom. The second-order valence-electron chi connectivity index (χ2n) is 6.68. The summed E-state index contributed by atoms with van der Waals surface area (Å²) < 4.78 is 0.614. The maximum atomic E-state index is 12.5. The van der Waals surface area contributed by atoms with E-state index in [1.54, 1.807) is 18.2 Å². The number of benzene rings is 2. The van der Waals surface area contributed by atoms with Crippen LogP contribution in [0.1, 0.15) is 34.3 Å². The van der Waals surface area contributed by atoms with Gasteiger partial charge in [0.15, 0.2) is 0 Å². The molecule has 1 aliphatic rings. The number of aromatic hydroxyl groups is 1. The third-order valence-electron chi connectivity index (χ3n) is 4.62. The van der Waals surface area contributed by atoms with Crippen molar-refractivity contribution >= 4 is 51.7 Å². The molecular formula is C20H22BrClN4O3. The van der Waals surface area contributed by atoms with Crippen molar-refractivity contribution in [3.05, 3.63) is 57.6 Å². The molecule has 2 aromatic rings. The molecule has 0 spiro atoms. The van der Waals surface area contributed by atoms with Gasteiger partial charge in [-0.05, 0) is 65.2 Å². The molecule has 3 rings (SSSR count). The average Bonchev–Trinajstić information content (AvgIpc) is 3.17. The van der Waals surface area contributed by atoms with Crippen LogP contribution in [0.2, 0.25) is 0 Å². The Kier molecular flexibility index (Phi) is 7.64. The van der Waals surface area contributed by atoms with Crippen LogP contribution in [0.5, 0.6) is 5.75 Å². The van der Waals surface area contributed by atoms with E-state index in [0.717, 1.165) is 25.9 Å². The van der Waals surface area contributed by atoms with Crippen molar-refractivity contribution in [3.63, 3.8) is 0 Å². The van der Waals surface area contributed by atoms with Gasteiger partial charge in [0.05, 0.1) is 12.0 Å². The number of hydrogen-bond donors (Lipinski definition) is 4. The molecule has 0 bridgehead atoms. The van der Waals surface area contributed by atoms with Crippen molar-refractivity contribution in [2.45, 2.75) is 19.3 Å². The summed E-state index contributed by atoms with van der Waals surface area (Å²) in [6, 6.07) is 9.50. The summed E-state index contributed by atoms with van der Waals surface area (Å²) in [5.41, 5.74) is 7.37. The second-order valence-corrected chi connectivity index (χ2v) is 7.53. The fraction of sp³-hybridized carbons (Fsp3) is 0.250. The minimum absolute atomic E-state index is 0. The largest absolute Gasteiger partial charge is 0.508 e. The second kappa shape index (κ2) is 9.76. The smallest absolute Gasteiger partial charge is 0.254 e. The normalized spacial score (nSPS) is 12.9. The van der Waals surface area contributed by atoms with Gasteiger partial charge in [-0.2, -0.15) is 0 Å². The number of nitrogens with two attached hydrogens (primary N) is 1. The Balaban J connectivity index is 0.00000300. The van der Waals surface area contributed by atoms with Crippen LogP contribution in [-0.4, -0.2) is 40.7 Å². The van der Waals surface area contributed by atoms with E-state index in [0.29, 0.717) is 26.9 Å². The van der Waals surface area contributed by atoms with Gasteiger partial charge in [-0.3, -0.25) is 15.0 Å². The lowest BCUT2D eigenvalue weighted by molar-refractivity contribution is -0.115. The van der Waals surface area contributed by atoms with Crippen molar-refractivity contribution in [3.8, 4) is 5.75 Å². The zero-order valence-corrected chi connectivity index (χ0v) is 18.0. The Morgan fingerprint density at radius 1 is 1.17 bits per heavy atom. The number of nitrogens with zero attached hydrogens (tertiary/aromatic N) is 1. The lowest BCUT2D eigenvalue weighted by Gasteiger charge is -2.16. The predicted octanol–water partition coefficient (Wildman–Crippen LogP) is 3.28. The summed E-state index contributed by atoms with van der Waals surface area (Å²) >= 11 is 3.41. The third kappa shape index (κ3) is 5.48. The summed E-state index contributed by atoms with van der Waals surface area (Å²) in [5.74, 6) is -0.522. The minimum atomic E-state index is -0.332. The van der Waals surface area contributed by atoms with E-state index in [1.165, 1.54) is 18.2 Å². The summed E-state index contributed by atoms with van der Waals surface area (Å²) in [6.45, 7) is 1.54. The number of amides is 2. The van der Waals surface area contributed by atoms with Crippen LogP contribution in [0.4, 0.5) is 5.69 Å². The van der Waals surface area contributed by atoms with E-state index in [9.17, 15) is 14.7 Å². The van der Waals surface area contributed by atoms with Crippen molar-refractivity contribution in [1.29, 1.82) is 5.41 Å². The minimum Gasteiger partial charge on any atom is -0.508 e. The quantitative estimate of drug-likeness (QED) is 0.387. The highest BCUT2D eigenvalue weighted by Crippen LogP contribution is 2.25. The Morgan fingerprint density at radius 2 is 1.86 bits per heavy atom. The van der Waals surface area contributed by atoms with Crippen LogP contribution >= 0.6 is 28.3 Å². The van der Waals surface area contributed by atoms with Gasteiger partial charge >= 0.3 is 0 Å². The van der Waals surface area contributed by atoms with Crippen LogP contribution in [0.25, 0.3) is 0 Å². The molecule has 0 aliphatic carbocycles. The van der Waals surface area contributed by atoms with E-state index in [4.69, 9.17) is 11.1 Å². The first kappa shape index (κ1) is 22.7. The average molecular weight is 482 g/mol. The summed E-state index contributed by atoms with van der Waals surface area (Å²) in [6.07, 6.45) is 1.98. The number of phenols is 1. The molecule has 5 N–H and O–H groups in total. The number of nitrogen functional groups attached to an aromatic ring is 1. The maximum absolute atomic E-state index is 12.5. The molecule has 1 fully saturated rings. The lowest BCUT2D eigenvalue weighted by atomic mass is 10.1. The molecule has 29 heavy (non-hydrogen) atoms. The third-order valence-corrected chi connectivity index (χ3v) is 5.27. The van der Waals surface area contributed by atoms with E-state index in [1.807, 2.05) is 4.90 Å². The van der Waals surface area contributed by atoms with E-state index >= 15 is 0 Å². The summed E-state index contributed by atoms with van der Waals surface area (Å²) in [5, 5.41) is 20.2.